The summed E-state index contributed by atoms with van der Waals surface area (Å²) in [4.78, 5) is 25.5. The number of likely N-dealkylation sites (tertiary alicyclic amines) is 1. The van der Waals surface area contributed by atoms with Crippen molar-refractivity contribution in [2.75, 3.05) is 6.54 Å². The maximum Gasteiger partial charge on any atom is 0.255 e. The Bertz CT molecular complexity index is 443. The molecule has 2 fully saturated rings. The summed E-state index contributed by atoms with van der Waals surface area (Å²) in [5, 5.41) is 6.78. The summed E-state index contributed by atoms with van der Waals surface area (Å²) in [6.45, 7) is 0.754. The van der Waals surface area contributed by atoms with Crippen LogP contribution in [0, 0.1) is 0 Å². The number of nitrogens with one attached hydrogen (secondary N) is 1. The molecule has 0 spiro atoms. The number of rotatable bonds is 1. The molecule has 1 aromatic rings. The first kappa shape index (κ1) is 10.8. The Morgan fingerprint density at radius 1 is 1.47 bits per heavy atom. The number of carbonyl (C=O) groups is 2. The lowest BCUT2D eigenvalue weighted by atomic mass is 9.99. The van der Waals surface area contributed by atoms with Gasteiger partial charge < -0.3 is 10.2 Å². The van der Waals surface area contributed by atoms with Gasteiger partial charge in [0.2, 0.25) is 5.91 Å². The molecule has 2 saturated heterocycles. The molecule has 2 aliphatic rings. The Kier molecular flexibility index (Phi) is 2.63. The van der Waals surface area contributed by atoms with Crippen molar-refractivity contribution in [1.82, 2.24) is 10.2 Å². The average molecular weight is 250 g/mol. The molecule has 5 heteroatoms. The van der Waals surface area contributed by atoms with E-state index in [4.69, 9.17) is 0 Å². The van der Waals surface area contributed by atoms with E-state index in [2.05, 4.69) is 5.32 Å². The van der Waals surface area contributed by atoms with Gasteiger partial charge >= 0.3 is 0 Å². The van der Waals surface area contributed by atoms with Gasteiger partial charge in [0.1, 0.15) is 0 Å². The van der Waals surface area contributed by atoms with Crippen molar-refractivity contribution < 1.29 is 9.59 Å². The van der Waals surface area contributed by atoms with E-state index in [0.717, 1.165) is 24.9 Å². The molecule has 0 unspecified atom stereocenters. The normalized spacial score (nSPS) is 27.8. The quantitative estimate of drug-likeness (QED) is 0.815. The van der Waals surface area contributed by atoms with Gasteiger partial charge in [0, 0.05) is 18.3 Å². The van der Waals surface area contributed by atoms with Crippen LogP contribution in [0.15, 0.2) is 16.8 Å². The third-order valence-electron chi connectivity index (χ3n) is 3.59. The van der Waals surface area contributed by atoms with Crippen LogP contribution in [0.1, 0.15) is 29.6 Å². The van der Waals surface area contributed by atoms with E-state index in [1.54, 1.807) is 0 Å². The lowest BCUT2D eigenvalue weighted by Gasteiger charge is -2.31. The largest absolute Gasteiger partial charge is 0.351 e. The Morgan fingerprint density at radius 2 is 2.35 bits per heavy atom. The first-order chi connectivity index (χ1) is 8.25. The first-order valence-corrected chi connectivity index (χ1v) is 6.82. The first-order valence-electron chi connectivity index (χ1n) is 5.88. The summed E-state index contributed by atoms with van der Waals surface area (Å²) in [7, 11) is 0. The molecule has 3 rings (SSSR count). The summed E-state index contributed by atoms with van der Waals surface area (Å²) < 4.78 is 0. The highest BCUT2D eigenvalue weighted by Crippen LogP contribution is 2.27. The third-order valence-corrected chi connectivity index (χ3v) is 4.27. The summed E-state index contributed by atoms with van der Waals surface area (Å²) in [6.07, 6.45) is 2.22. The fraction of sp³-hybridized carbons (Fsp3) is 0.500. The molecule has 1 aromatic heterocycles. The monoisotopic (exact) mass is 250 g/mol. The van der Waals surface area contributed by atoms with Crippen molar-refractivity contribution in [2.45, 2.75) is 31.3 Å². The van der Waals surface area contributed by atoms with Gasteiger partial charge in [-0.25, -0.2) is 0 Å². The molecular formula is C12H14N2O2S. The number of thiophene rings is 1. The van der Waals surface area contributed by atoms with Crippen LogP contribution in [0.2, 0.25) is 0 Å². The minimum atomic E-state index is 0.106. The highest BCUT2D eigenvalue weighted by atomic mass is 32.1. The summed E-state index contributed by atoms with van der Waals surface area (Å²) in [5.74, 6) is 0.228. The fourth-order valence-corrected chi connectivity index (χ4v) is 3.37. The molecule has 17 heavy (non-hydrogen) atoms. The van der Waals surface area contributed by atoms with Gasteiger partial charge in [-0.15, -0.1) is 0 Å². The van der Waals surface area contributed by atoms with Crippen molar-refractivity contribution in [2.24, 2.45) is 0 Å². The van der Waals surface area contributed by atoms with Gasteiger partial charge in [0.05, 0.1) is 17.6 Å². The molecule has 3 heterocycles. The fourth-order valence-electron chi connectivity index (χ4n) is 2.74. The molecule has 90 valence electrons. The zero-order valence-corrected chi connectivity index (χ0v) is 10.2. The van der Waals surface area contributed by atoms with Crippen LogP contribution < -0.4 is 5.32 Å². The second-order valence-corrected chi connectivity index (χ2v) is 5.36. The van der Waals surface area contributed by atoms with Crippen LogP contribution in [0.4, 0.5) is 0 Å². The van der Waals surface area contributed by atoms with E-state index in [9.17, 15) is 9.59 Å². The van der Waals surface area contributed by atoms with E-state index in [0.29, 0.717) is 6.42 Å². The lowest BCUT2D eigenvalue weighted by Crippen LogP contribution is -2.50. The standard InChI is InChI=1S/C12H14N2O2S/c15-11-2-1-10-9(13-11)3-5-14(10)12(16)8-4-6-17-7-8/h4,6-7,9-10H,1-3,5H2,(H,13,15)/t9-,10+/m1/s1. The summed E-state index contributed by atoms with van der Waals surface area (Å²) >= 11 is 1.54. The molecule has 0 bridgehead atoms. The van der Waals surface area contributed by atoms with Gasteiger partial charge in [-0.05, 0) is 24.3 Å². The van der Waals surface area contributed by atoms with E-state index in [1.807, 2.05) is 21.7 Å². The van der Waals surface area contributed by atoms with Gasteiger partial charge in [-0.3, -0.25) is 9.59 Å². The lowest BCUT2D eigenvalue weighted by molar-refractivity contribution is -0.123. The number of piperidine rings is 1. The van der Waals surface area contributed by atoms with Crippen molar-refractivity contribution in [3.63, 3.8) is 0 Å². The third kappa shape index (κ3) is 1.84. The molecule has 0 aromatic carbocycles. The maximum absolute atomic E-state index is 12.3. The van der Waals surface area contributed by atoms with Gasteiger partial charge in [-0.2, -0.15) is 11.3 Å². The van der Waals surface area contributed by atoms with Crippen molar-refractivity contribution in [1.29, 1.82) is 0 Å². The van der Waals surface area contributed by atoms with Crippen LogP contribution in [0.3, 0.4) is 0 Å². The minimum absolute atomic E-state index is 0.106. The zero-order chi connectivity index (χ0) is 11.8. The van der Waals surface area contributed by atoms with E-state index < -0.39 is 0 Å². The molecular weight excluding hydrogens is 236 g/mol. The van der Waals surface area contributed by atoms with Crippen LogP contribution in [0.5, 0.6) is 0 Å². The Morgan fingerprint density at radius 3 is 3.12 bits per heavy atom. The molecule has 0 saturated carbocycles. The van der Waals surface area contributed by atoms with E-state index >= 15 is 0 Å². The second-order valence-electron chi connectivity index (χ2n) is 4.58. The summed E-state index contributed by atoms with van der Waals surface area (Å²) in [5.41, 5.74) is 0.771. The second kappa shape index (κ2) is 4.14. The molecule has 2 atom stereocenters. The highest BCUT2D eigenvalue weighted by Gasteiger charge is 2.40. The number of fused-ring (bicyclic) bond motifs is 1. The molecule has 2 aliphatic heterocycles. The molecule has 2 amide bonds. The zero-order valence-electron chi connectivity index (χ0n) is 9.39. The summed E-state index contributed by atoms with van der Waals surface area (Å²) in [6, 6.07) is 2.22. The number of nitrogens with zero attached hydrogens (tertiary/aromatic N) is 1. The Balaban J connectivity index is 1.77. The van der Waals surface area contributed by atoms with Crippen molar-refractivity contribution in [3.05, 3.63) is 22.4 Å². The number of amides is 2. The smallest absolute Gasteiger partial charge is 0.255 e. The van der Waals surface area contributed by atoms with Crippen molar-refractivity contribution >= 4 is 23.2 Å². The van der Waals surface area contributed by atoms with E-state index in [1.165, 1.54) is 11.3 Å². The molecule has 0 aliphatic carbocycles. The Hall–Kier alpha value is -1.36. The molecule has 1 N–H and O–H groups in total. The van der Waals surface area contributed by atoms with Crippen LogP contribution in [0.25, 0.3) is 0 Å². The van der Waals surface area contributed by atoms with E-state index in [-0.39, 0.29) is 23.9 Å². The number of carbonyl (C=O) groups excluding carboxylic acids is 2. The van der Waals surface area contributed by atoms with Crippen LogP contribution in [-0.4, -0.2) is 35.3 Å². The predicted octanol–water partition coefficient (Wildman–Crippen LogP) is 1.24. The molecule has 0 radical (unpaired) electrons. The topological polar surface area (TPSA) is 49.4 Å². The number of hydrogen-bond acceptors (Lipinski definition) is 3. The highest BCUT2D eigenvalue weighted by molar-refractivity contribution is 7.08. The van der Waals surface area contributed by atoms with Crippen molar-refractivity contribution in [3.8, 4) is 0 Å². The average Bonchev–Trinajstić information content (AvgIpc) is 2.96. The maximum atomic E-state index is 12.3. The van der Waals surface area contributed by atoms with Crippen LogP contribution >= 0.6 is 11.3 Å². The minimum Gasteiger partial charge on any atom is -0.351 e. The Labute approximate surface area is 104 Å². The van der Waals surface area contributed by atoms with Gasteiger partial charge in [0.25, 0.3) is 5.91 Å². The van der Waals surface area contributed by atoms with Crippen LogP contribution in [-0.2, 0) is 4.79 Å². The van der Waals surface area contributed by atoms with Gasteiger partial charge in [-0.1, -0.05) is 0 Å². The SMILES string of the molecule is O=C1CC[C@H]2[C@@H](CCN2C(=O)c2ccsc2)N1. The van der Waals surface area contributed by atoms with Gasteiger partial charge in [0.15, 0.2) is 0 Å². The number of hydrogen-bond donors (Lipinski definition) is 1. The predicted molar refractivity (Wildman–Crippen MR) is 64.9 cm³/mol. The molecule has 4 nitrogen and oxygen atoms in total.